The smallest absolute Gasteiger partial charge is 0.326 e. The Bertz CT molecular complexity index is 266. The summed E-state index contributed by atoms with van der Waals surface area (Å²) in [5.74, 6) is -0.531. The van der Waals surface area contributed by atoms with E-state index in [-0.39, 0.29) is 6.03 Å². The second-order valence-electron chi connectivity index (χ2n) is 4.62. The van der Waals surface area contributed by atoms with E-state index in [0.29, 0.717) is 25.4 Å². The highest BCUT2D eigenvalue weighted by Gasteiger charge is 2.31. The maximum absolute atomic E-state index is 11.8. The maximum atomic E-state index is 11.8. The lowest BCUT2D eigenvalue weighted by Crippen LogP contribution is -2.52. The van der Waals surface area contributed by atoms with E-state index in [4.69, 9.17) is 5.11 Å². The van der Waals surface area contributed by atoms with Gasteiger partial charge in [-0.1, -0.05) is 13.8 Å². The lowest BCUT2D eigenvalue weighted by Gasteiger charge is -2.33. The Morgan fingerprint density at radius 2 is 2.12 bits per heavy atom. The minimum atomic E-state index is -0.903. The molecule has 1 unspecified atom stereocenters. The number of hydrogen-bond donors (Lipinski definition) is 2. The predicted molar refractivity (Wildman–Crippen MR) is 60.2 cm³/mol. The summed E-state index contributed by atoms with van der Waals surface area (Å²) in [4.78, 5) is 24.2. The first-order valence-electron chi connectivity index (χ1n) is 5.79. The molecule has 1 atom stereocenters. The van der Waals surface area contributed by atoms with Crippen molar-refractivity contribution in [2.75, 3.05) is 13.1 Å². The summed E-state index contributed by atoms with van der Waals surface area (Å²) in [6, 6.07) is -0.901. The summed E-state index contributed by atoms with van der Waals surface area (Å²) in [6.07, 6.45) is 2.33. The molecule has 5 heteroatoms. The molecule has 0 spiro atoms. The lowest BCUT2D eigenvalue weighted by atomic mass is 10.0. The Morgan fingerprint density at radius 3 is 2.69 bits per heavy atom. The van der Waals surface area contributed by atoms with Gasteiger partial charge in [-0.2, -0.15) is 0 Å². The number of piperidine rings is 1. The van der Waals surface area contributed by atoms with Gasteiger partial charge in [0.25, 0.3) is 0 Å². The molecule has 1 heterocycles. The molecule has 1 aliphatic rings. The molecule has 0 saturated carbocycles. The van der Waals surface area contributed by atoms with Crippen molar-refractivity contribution in [3.63, 3.8) is 0 Å². The zero-order valence-corrected chi connectivity index (χ0v) is 9.90. The number of carboxylic acid groups (broad SMARTS) is 1. The fourth-order valence-electron chi connectivity index (χ4n) is 1.82. The minimum Gasteiger partial charge on any atom is -0.480 e. The monoisotopic (exact) mass is 228 g/mol. The van der Waals surface area contributed by atoms with Crippen LogP contribution in [0, 0.1) is 5.92 Å². The molecule has 92 valence electrons. The van der Waals surface area contributed by atoms with Gasteiger partial charge < -0.3 is 15.3 Å². The molecule has 16 heavy (non-hydrogen) atoms. The van der Waals surface area contributed by atoms with Crippen molar-refractivity contribution in [2.45, 2.75) is 39.2 Å². The quantitative estimate of drug-likeness (QED) is 0.764. The third-order valence-corrected chi connectivity index (χ3v) is 2.71. The van der Waals surface area contributed by atoms with Gasteiger partial charge in [0.05, 0.1) is 0 Å². The first kappa shape index (κ1) is 12.8. The summed E-state index contributed by atoms with van der Waals surface area (Å²) < 4.78 is 0. The third-order valence-electron chi connectivity index (χ3n) is 2.71. The number of nitrogens with zero attached hydrogens (tertiary/aromatic N) is 1. The highest BCUT2D eigenvalue weighted by Crippen LogP contribution is 2.17. The van der Waals surface area contributed by atoms with Crippen LogP contribution in [0.15, 0.2) is 0 Å². The Morgan fingerprint density at radius 1 is 1.44 bits per heavy atom. The van der Waals surface area contributed by atoms with Crippen LogP contribution in [0.25, 0.3) is 0 Å². The number of likely N-dealkylation sites (tertiary alicyclic amines) is 1. The van der Waals surface area contributed by atoms with E-state index in [1.54, 1.807) is 0 Å². The second kappa shape index (κ2) is 5.72. The van der Waals surface area contributed by atoms with Crippen LogP contribution in [0.1, 0.15) is 33.1 Å². The van der Waals surface area contributed by atoms with Gasteiger partial charge in [0, 0.05) is 13.1 Å². The van der Waals surface area contributed by atoms with Crippen LogP contribution in [-0.4, -0.2) is 41.1 Å². The number of urea groups is 1. The van der Waals surface area contributed by atoms with Crippen molar-refractivity contribution < 1.29 is 14.7 Å². The number of nitrogens with one attached hydrogen (secondary N) is 1. The predicted octanol–water partition coefficient (Wildman–Crippen LogP) is 1.29. The van der Waals surface area contributed by atoms with Gasteiger partial charge >= 0.3 is 12.0 Å². The van der Waals surface area contributed by atoms with Crippen molar-refractivity contribution in [1.29, 1.82) is 0 Å². The molecule has 0 aliphatic carbocycles. The molecular formula is C11H20N2O3. The first-order valence-corrected chi connectivity index (χ1v) is 5.79. The molecular weight excluding hydrogens is 208 g/mol. The fourth-order valence-corrected chi connectivity index (χ4v) is 1.82. The van der Waals surface area contributed by atoms with Crippen LogP contribution in [0.5, 0.6) is 0 Å². The Balaban J connectivity index is 2.54. The number of aliphatic carboxylic acids is 1. The number of carboxylic acids is 1. The van der Waals surface area contributed by atoms with E-state index in [0.717, 1.165) is 12.8 Å². The molecule has 5 nitrogen and oxygen atoms in total. The van der Waals surface area contributed by atoms with Crippen LogP contribution in [0.3, 0.4) is 0 Å². The average molecular weight is 228 g/mol. The Kier molecular flexibility index (Phi) is 4.58. The molecule has 1 rings (SSSR count). The molecule has 0 aromatic rings. The number of amides is 2. The van der Waals surface area contributed by atoms with Crippen LogP contribution < -0.4 is 5.32 Å². The topological polar surface area (TPSA) is 69.6 Å². The van der Waals surface area contributed by atoms with Gasteiger partial charge in [-0.15, -0.1) is 0 Å². The first-order chi connectivity index (χ1) is 7.52. The summed E-state index contributed by atoms with van der Waals surface area (Å²) >= 11 is 0. The van der Waals surface area contributed by atoms with E-state index in [9.17, 15) is 9.59 Å². The van der Waals surface area contributed by atoms with Crippen LogP contribution in [0.2, 0.25) is 0 Å². The lowest BCUT2D eigenvalue weighted by molar-refractivity contribution is -0.143. The van der Waals surface area contributed by atoms with E-state index in [1.807, 2.05) is 13.8 Å². The highest BCUT2D eigenvalue weighted by molar-refractivity contribution is 5.82. The molecule has 0 aromatic carbocycles. The fraction of sp³-hybridized carbons (Fsp3) is 0.818. The molecule has 1 aliphatic heterocycles. The minimum absolute atomic E-state index is 0.249. The summed E-state index contributed by atoms with van der Waals surface area (Å²) in [7, 11) is 0. The molecule has 2 amide bonds. The van der Waals surface area contributed by atoms with Crippen LogP contribution in [-0.2, 0) is 4.79 Å². The van der Waals surface area contributed by atoms with E-state index >= 15 is 0 Å². The Labute approximate surface area is 95.8 Å². The van der Waals surface area contributed by atoms with Gasteiger partial charge in [-0.3, -0.25) is 0 Å². The molecule has 0 aromatic heterocycles. The zero-order chi connectivity index (χ0) is 12.1. The van der Waals surface area contributed by atoms with E-state index < -0.39 is 12.0 Å². The number of carbonyl (C=O) groups is 2. The van der Waals surface area contributed by atoms with Gasteiger partial charge in [0.1, 0.15) is 6.04 Å². The van der Waals surface area contributed by atoms with Crippen molar-refractivity contribution in [2.24, 2.45) is 5.92 Å². The van der Waals surface area contributed by atoms with E-state index in [2.05, 4.69) is 5.32 Å². The van der Waals surface area contributed by atoms with Crippen molar-refractivity contribution in [1.82, 2.24) is 10.2 Å². The number of carbonyl (C=O) groups excluding carboxylic acids is 1. The van der Waals surface area contributed by atoms with Crippen molar-refractivity contribution in [3.8, 4) is 0 Å². The standard InChI is InChI=1S/C11H20N2O3/c1-8(2)7-12-11(16)13-6-4-3-5-9(13)10(14)15/h8-9H,3-7H2,1-2H3,(H,12,16)(H,14,15). The molecule has 1 saturated heterocycles. The number of hydrogen-bond acceptors (Lipinski definition) is 2. The van der Waals surface area contributed by atoms with Crippen molar-refractivity contribution in [3.05, 3.63) is 0 Å². The van der Waals surface area contributed by atoms with Crippen LogP contribution >= 0.6 is 0 Å². The van der Waals surface area contributed by atoms with Gasteiger partial charge in [-0.25, -0.2) is 9.59 Å². The van der Waals surface area contributed by atoms with Crippen molar-refractivity contribution >= 4 is 12.0 Å². The molecule has 0 radical (unpaired) electrons. The Hall–Kier alpha value is -1.26. The summed E-state index contributed by atoms with van der Waals surface area (Å²) in [5.41, 5.74) is 0. The zero-order valence-electron chi connectivity index (χ0n) is 9.90. The summed E-state index contributed by atoms with van der Waals surface area (Å²) in [6.45, 7) is 5.14. The molecule has 0 bridgehead atoms. The highest BCUT2D eigenvalue weighted by atomic mass is 16.4. The average Bonchev–Trinajstić information content (AvgIpc) is 2.25. The second-order valence-corrected chi connectivity index (χ2v) is 4.62. The maximum Gasteiger partial charge on any atom is 0.326 e. The normalized spacial score (nSPS) is 20.9. The van der Waals surface area contributed by atoms with Gasteiger partial charge in [0.15, 0.2) is 0 Å². The van der Waals surface area contributed by atoms with Gasteiger partial charge in [0.2, 0.25) is 0 Å². The van der Waals surface area contributed by atoms with E-state index in [1.165, 1.54) is 4.90 Å². The largest absolute Gasteiger partial charge is 0.480 e. The third kappa shape index (κ3) is 3.40. The SMILES string of the molecule is CC(C)CNC(=O)N1CCCCC1C(=O)O. The van der Waals surface area contributed by atoms with Gasteiger partial charge in [-0.05, 0) is 25.2 Å². The number of rotatable bonds is 3. The summed E-state index contributed by atoms with van der Waals surface area (Å²) in [5, 5.41) is 11.8. The molecule has 2 N–H and O–H groups in total. The molecule has 1 fully saturated rings. The van der Waals surface area contributed by atoms with Crippen LogP contribution in [0.4, 0.5) is 4.79 Å².